The lowest BCUT2D eigenvalue weighted by molar-refractivity contribution is -0.118. The van der Waals surface area contributed by atoms with Crippen LogP contribution in [0.4, 0.5) is 5.69 Å². The molecule has 0 aliphatic carbocycles. The van der Waals surface area contributed by atoms with Crippen molar-refractivity contribution in [2.45, 2.75) is 36.1 Å². The number of hydrogen-bond donors (Lipinski definition) is 2. The summed E-state index contributed by atoms with van der Waals surface area (Å²) in [7, 11) is 3.72. The summed E-state index contributed by atoms with van der Waals surface area (Å²) in [6.45, 7) is 2.45. The van der Waals surface area contributed by atoms with Gasteiger partial charge in [-0.2, -0.15) is 5.10 Å². The van der Waals surface area contributed by atoms with E-state index in [9.17, 15) is 9.59 Å². The van der Waals surface area contributed by atoms with E-state index in [2.05, 4.69) is 27.6 Å². The minimum absolute atomic E-state index is 0.115. The van der Waals surface area contributed by atoms with Gasteiger partial charge in [0, 0.05) is 53.6 Å². The van der Waals surface area contributed by atoms with Crippen LogP contribution in [0.2, 0.25) is 0 Å². The predicted octanol–water partition coefficient (Wildman–Crippen LogP) is 4.20. The van der Waals surface area contributed by atoms with Crippen LogP contribution in [-0.2, 0) is 24.8 Å². The van der Waals surface area contributed by atoms with Crippen molar-refractivity contribution in [3.8, 4) is 0 Å². The Morgan fingerprint density at radius 1 is 1.18 bits per heavy atom. The fourth-order valence-corrected chi connectivity index (χ4v) is 5.32. The SMILES string of the molecule is Cc1c(Sc2ccc3[nH]ncc3c2)cc(C(=O)NCc2cccc3c2CCC(=O)N3C)n1C. The molecule has 0 bridgehead atoms. The summed E-state index contributed by atoms with van der Waals surface area (Å²) < 4.78 is 1.93. The van der Waals surface area contributed by atoms with Crippen molar-refractivity contribution in [2.24, 2.45) is 7.05 Å². The van der Waals surface area contributed by atoms with Gasteiger partial charge in [0.15, 0.2) is 0 Å². The second-order valence-corrected chi connectivity index (χ2v) is 9.42. The molecule has 33 heavy (non-hydrogen) atoms. The van der Waals surface area contributed by atoms with Gasteiger partial charge in [-0.05, 0) is 54.8 Å². The number of nitrogens with zero attached hydrogens (tertiary/aromatic N) is 3. The first-order chi connectivity index (χ1) is 15.9. The highest BCUT2D eigenvalue weighted by Crippen LogP contribution is 2.34. The number of amides is 2. The molecule has 3 heterocycles. The second-order valence-electron chi connectivity index (χ2n) is 8.31. The number of aromatic amines is 1. The lowest BCUT2D eigenvalue weighted by Gasteiger charge is -2.27. The average molecular weight is 460 g/mol. The Bertz CT molecular complexity index is 1390. The largest absolute Gasteiger partial charge is 0.347 e. The van der Waals surface area contributed by atoms with E-state index in [1.165, 1.54) is 0 Å². The van der Waals surface area contributed by atoms with Gasteiger partial charge in [0.05, 0.1) is 11.7 Å². The summed E-state index contributed by atoms with van der Waals surface area (Å²) >= 11 is 1.64. The zero-order valence-corrected chi connectivity index (χ0v) is 19.6. The van der Waals surface area contributed by atoms with E-state index >= 15 is 0 Å². The van der Waals surface area contributed by atoms with Crippen LogP contribution in [0.15, 0.2) is 58.5 Å². The molecule has 0 saturated heterocycles. The molecule has 0 spiro atoms. The Kier molecular flexibility index (Phi) is 5.46. The van der Waals surface area contributed by atoms with Crippen LogP contribution in [0.1, 0.15) is 33.7 Å². The Hall–Kier alpha value is -3.52. The number of hydrogen-bond acceptors (Lipinski definition) is 4. The highest BCUT2D eigenvalue weighted by Gasteiger charge is 2.23. The normalized spacial score (nSPS) is 13.4. The minimum atomic E-state index is -0.115. The van der Waals surface area contributed by atoms with Crippen LogP contribution in [0.3, 0.4) is 0 Å². The molecule has 0 fully saturated rings. The Labute approximate surface area is 196 Å². The van der Waals surface area contributed by atoms with Crippen molar-refractivity contribution in [1.82, 2.24) is 20.1 Å². The molecule has 0 radical (unpaired) electrons. The van der Waals surface area contributed by atoms with Gasteiger partial charge in [-0.1, -0.05) is 23.9 Å². The molecule has 1 aliphatic rings. The smallest absolute Gasteiger partial charge is 0.268 e. The van der Waals surface area contributed by atoms with E-state index in [4.69, 9.17) is 0 Å². The number of aromatic nitrogens is 3. The van der Waals surface area contributed by atoms with Gasteiger partial charge in [-0.3, -0.25) is 14.7 Å². The highest BCUT2D eigenvalue weighted by atomic mass is 32.2. The first-order valence-electron chi connectivity index (χ1n) is 10.8. The van der Waals surface area contributed by atoms with Crippen LogP contribution in [0.5, 0.6) is 0 Å². The number of anilines is 1. The average Bonchev–Trinajstić information content (AvgIpc) is 3.39. The summed E-state index contributed by atoms with van der Waals surface area (Å²) in [5.74, 6) is 0.00972. The number of H-pyrrole nitrogens is 1. The maximum atomic E-state index is 13.1. The Balaban J connectivity index is 1.33. The topological polar surface area (TPSA) is 83.0 Å². The van der Waals surface area contributed by atoms with E-state index in [-0.39, 0.29) is 11.8 Å². The number of benzene rings is 2. The van der Waals surface area contributed by atoms with Gasteiger partial charge >= 0.3 is 0 Å². The molecule has 2 amide bonds. The molecule has 2 N–H and O–H groups in total. The number of nitrogens with one attached hydrogen (secondary N) is 2. The summed E-state index contributed by atoms with van der Waals surface area (Å²) in [5.41, 5.74) is 5.78. The van der Waals surface area contributed by atoms with Crippen LogP contribution in [0.25, 0.3) is 10.9 Å². The molecule has 7 nitrogen and oxygen atoms in total. The van der Waals surface area contributed by atoms with Crippen molar-refractivity contribution in [3.63, 3.8) is 0 Å². The standard InChI is InChI=1S/C25H25N5O2S/c1-15-23(33-18-7-9-20-17(11-18)14-27-28-20)12-22(29(15)2)25(32)26-13-16-5-4-6-21-19(16)8-10-24(31)30(21)3/h4-7,9,11-12,14H,8,10,13H2,1-3H3,(H,26,32)(H,27,28). The zero-order valence-electron chi connectivity index (χ0n) is 18.8. The molecular weight excluding hydrogens is 434 g/mol. The molecule has 4 aromatic rings. The first kappa shape index (κ1) is 21.3. The van der Waals surface area contributed by atoms with Gasteiger partial charge in [-0.15, -0.1) is 0 Å². The number of fused-ring (bicyclic) bond motifs is 2. The minimum Gasteiger partial charge on any atom is -0.347 e. The highest BCUT2D eigenvalue weighted by molar-refractivity contribution is 7.99. The molecule has 1 aliphatic heterocycles. The number of carbonyl (C=O) groups is 2. The van der Waals surface area contributed by atoms with Gasteiger partial charge in [0.25, 0.3) is 5.91 Å². The van der Waals surface area contributed by atoms with Crippen molar-refractivity contribution >= 4 is 40.2 Å². The summed E-state index contributed by atoms with van der Waals surface area (Å²) in [4.78, 5) is 28.9. The van der Waals surface area contributed by atoms with Crippen molar-refractivity contribution in [3.05, 3.63) is 71.2 Å². The summed E-state index contributed by atoms with van der Waals surface area (Å²) in [6, 6.07) is 14.0. The summed E-state index contributed by atoms with van der Waals surface area (Å²) in [5, 5.41) is 11.2. The van der Waals surface area contributed by atoms with Crippen LogP contribution in [-0.4, -0.2) is 33.6 Å². The monoisotopic (exact) mass is 459 g/mol. The second kappa shape index (κ2) is 8.44. The van der Waals surface area contributed by atoms with Crippen LogP contribution in [0, 0.1) is 6.92 Å². The third-order valence-electron chi connectivity index (χ3n) is 6.37. The van der Waals surface area contributed by atoms with Crippen LogP contribution >= 0.6 is 11.8 Å². The molecule has 2 aromatic heterocycles. The maximum Gasteiger partial charge on any atom is 0.268 e. The lowest BCUT2D eigenvalue weighted by Crippen LogP contribution is -2.32. The fraction of sp³-hybridized carbons (Fsp3) is 0.240. The fourth-order valence-electron chi connectivity index (χ4n) is 4.29. The molecule has 0 saturated carbocycles. The van der Waals surface area contributed by atoms with E-state index < -0.39 is 0 Å². The third-order valence-corrected chi connectivity index (χ3v) is 7.50. The molecule has 0 unspecified atom stereocenters. The quantitative estimate of drug-likeness (QED) is 0.469. The molecule has 5 rings (SSSR count). The molecule has 2 aromatic carbocycles. The molecule has 168 valence electrons. The molecule has 8 heteroatoms. The van der Waals surface area contributed by atoms with E-state index in [0.717, 1.165) is 43.2 Å². The first-order valence-corrected chi connectivity index (χ1v) is 11.7. The van der Waals surface area contributed by atoms with Crippen LogP contribution < -0.4 is 10.2 Å². The molecular formula is C25H25N5O2S. The van der Waals surface area contributed by atoms with E-state index in [1.54, 1.807) is 23.7 Å². The van der Waals surface area contributed by atoms with E-state index in [0.29, 0.717) is 25.1 Å². The number of carbonyl (C=O) groups excluding carboxylic acids is 2. The van der Waals surface area contributed by atoms with Gasteiger partial charge < -0.3 is 14.8 Å². The lowest BCUT2D eigenvalue weighted by atomic mass is 9.96. The zero-order chi connectivity index (χ0) is 23.1. The summed E-state index contributed by atoms with van der Waals surface area (Å²) in [6.07, 6.45) is 3.01. The molecule has 0 atom stereocenters. The van der Waals surface area contributed by atoms with Gasteiger partial charge in [0.1, 0.15) is 5.69 Å². The third kappa shape index (κ3) is 3.91. The van der Waals surface area contributed by atoms with E-state index in [1.807, 2.05) is 55.1 Å². The number of rotatable bonds is 5. The predicted molar refractivity (Wildman–Crippen MR) is 130 cm³/mol. The van der Waals surface area contributed by atoms with Crippen molar-refractivity contribution < 1.29 is 9.59 Å². The van der Waals surface area contributed by atoms with Gasteiger partial charge in [-0.25, -0.2) is 0 Å². The maximum absolute atomic E-state index is 13.1. The Morgan fingerprint density at radius 3 is 2.88 bits per heavy atom. The van der Waals surface area contributed by atoms with Crippen molar-refractivity contribution in [1.29, 1.82) is 0 Å². The van der Waals surface area contributed by atoms with Crippen molar-refractivity contribution in [2.75, 3.05) is 11.9 Å². The Morgan fingerprint density at radius 2 is 2.03 bits per heavy atom. The van der Waals surface area contributed by atoms with Gasteiger partial charge in [0.2, 0.25) is 5.91 Å².